The number of nitro groups is 1. The zero-order valence-electron chi connectivity index (χ0n) is 16.7. The number of benzene rings is 2. The Morgan fingerprint density at radius 2 is 1.80 bits per heavy atom. The van der Waals surface area contributed by atoms with Gasteiger partial charge in [0.05, 0.1) is 9.82 Å². The minimum absolute atomic E-state index is 0.118. The van der Waals surface area contributed by atoms with E-state index < -0.39 is 14.9 Å². The van der Waals surface area contributed by atoms with Crippen LogP contribution < -0.4 is 5.32 Å². The minimum Gasteiger partial charge on any atom is -0.338 e. The van der Waals surface area contributed by atoms with Gasteiger partial charge in [-0.15, -0.1) is 0 Å². The van der Waals surface area contributed by atoms with Crippen molar-refractivity contribution in [3.8, 4) is 0 Å². The maximum atomic E-state index is 12.8. The summed E-state index contributed by atoms with van der Waals surface area (Å²) >= 11 is 0. The fourth-order valence-corrected chi connectivity index (χ4v) is 4.79. The molecule has 1 saturated heterocycles. The van der Waals surface area contributed by atoms with Crippen molar-refractivity contribution in [3.05, 3.63) is 69.8 Å². The predicted molar refractivity (Wildman–Crippen MR) is 112 cm³/mol. The number of sulfonamides is 1. The van der Waals surface area contributed by atoms with Gasteiger partial charge in [0.25, 0.3) is 5.69 Å². The van der Waals surface area contributed by atoms with Crippen LogP contribution in [-0.4, -0.2) is 61.3 Å². The van der Waals surface area contributed by atoms with Crippen LogP contribution in [0.3, 0.4) is 0 Å². The van der Waals surface area contributed by atoms with Gasteiger partial charge in [0.2, 0.25) is 10.0 Å². The number of rotatable bonds is 6. The molecule has 0 saturated carbocycles. The molecule has 10 heteroatoms. The van der Waals surface area contributed by atoms with Gasteiger partial charge in [0, 0.05) is 44.9 Å². The summed E-state index contributed by atoms with van der Waals surface area (Å²) in [5, 5.41) is 13.8. The molecule has 1 N–H and O–H groups in total. The number of carbonyl (C=O) groups excluding carboxylic acids is 1. The van der Waals surface area contributed by atoms with Crippen molar-refractivity contribution in [1.29, 1.82) is 0 Å². The van der Waals surface area contributed by atoms with E-state index in [0.29, 0.717) is 13.0 Å². The van der Waals surface area contributed by atoms with E-state index in [4.69, 9.17) is 0 Å². The van der Waals surface area contributed by atoms with Crippen LogP contribution in [0.15, 0.2) is 53.4 Å². The topological polar surface area (TPSA) is 113 Å². The van der Waals surface area contributed by atoms with Crippen LogP contribution in [-0.2, 0) is 16.4 Å². The largest absolute Gasteiger partial charge is 0.338 e. The van der Waals surface area contributed by atoms with Gasteiger partial charge in [-0.05, 0) is 25.0 Å². The van der Waals surface area contributed by atoms with Gasteiger partial charge in [-0.25, -0.2) is 13.2 Å². The molecule has 0 unspecified atom stereocenters. The molecule has 2 aromatic rings. The number of urea groups is 1. The second-order valence-electron chi connectivity index (χ2n) is 7.12. The maximum absolute atomic E-state index is 12.8. The molecule has 160 valence electrons. The third kappa shape index (κ3) is 5.14. The Morgan fingerprint density at radius 1 is 1.10 bits per heavy atom. The summed E-state index contributed by atoms with van der Waals surface area (Å²) in [5.41, 5.74) is 2.03. The lowest BCUT2D eigenvalue weighted by molar-refractivity contribution is -0.385. The highest BCUT2D eigenvalue weighted by Gasteiger charge is 2.30. The molecule has 1 heterocycles. The van der Waals surface area contributed by atoms with Crippen molar-refractivity contribution in [2.24, 2.45) is 0 Å². The van der Waals surface area contributed by atoms with Gasteiger partial charge in [-0.3, -0.25) is 10.1 Å². The molecule has 2 amide bonds. The summed E-state index contributed by atoms with van der Waals surface area (Å²) in [6.45, 7) is 3.29. The molecule has 0 aliphatic carbocycles. The van der Waals surface area contributed by atoms with E-state index in [-0.39, 0.29) is 42.8 Å². The van der Waals surface area contributed by atoms with Crippen molar-refractivity contribution < 1.29 is 18.1 Å². The van der Waals surface area contributed by atoms with Crippen LogP contribution in [0, 0.1) is 17.0 Å². The highest BCUT2D eigenvalue weighted by molar-refractivity contribution is 7.89. The van der Waals surface area contributed by atoms with Crippen LogP contribution >= 0.6 is 0 Å². The molecule has 0 bridgehead atoms. The highest BCUT2D eigenvalue weighted by atomic mass is 32.2. The van der Waals surface area contributed by atoms with Gasteiger partial charge in [-0.2, -0.15) is 4.31 Å². The van der Waals surface area contributed by atoms with E-state index in [1.807, 2.05) is 25.1 Å². The molecular formula is C20H24N4O5S. The summed E-state index contributed by atoms with van der Waals surface area (Å²) in [4.78, 5) is 24.1. The third-order valence-electron chi connectivity index (χ3n) is 4.96. The summed E-state index contributed by atoms with van der Waals surface area (Å²) < 4.78 is 26.8. The minimum atomic E-state index is -3.85. The molecule has 9 nitrogen and oxygen atoms in total. The molecule has 1 fully saturated rings. The van der Waals surface area contributed by atoms with Gasteiger partial charge >= 0.3 is 6.03 Å². The molecule has 0 aromatic heterocycles. The second kappa shape index (κ2) is 9.23. The monoisotopic (exact) mass is 432 g/mol. The standard InChI is InChI=1S/C20H24N4O5S/c1-16-4-2-5-17(14-16)8-9-21-20(25)22-10-12-23(13-11-22)30(28,29)19-7-3-6-18(15-19)24(26)27/h2-7,14-15H,8-13H2,1H3,(H,21,25). The number of aryl methyl sites for hydroxylation is 1. The van der Waals surface area contributed by atoms with Crippen molar-refractivity contribution >= 4 is 21.7 Å². The maximum Gasteiger partial charge on any atom is 0.317 e. The molecule has 1 aliphatic heterocycles. The lowest BCUT2D eigenvalue weighted by Gasteiger charge is -2.34. The molecule has 2 aromatic carbocycles. The fraction of sp³-hybridized carbons (Fsp3) is 0.350. The summed E-state index contributed by atoms with van der Waals surface area (Å²) in [7, 11) is -3.85. The molecular weight excluding hydrogens is 408 g/mol. The van der Waals surface area contributed by atoms with Crippen LogP contribution in [0.5, 0.6) is 0 Å². The molecule has 0 spiro atoms. The van der Waals surface area contributed by atoms with E-state index in [1.54, 1.807) is 4.90 Å². The van der Waals surface area contributed by atoms with E-state index in [0.717, 1.165) is 11.6 Å². The van der Waals surface area contributed by atoms with Gasteiger partial charge in [-0.1, -0.05) is 35.9 Å². The SMILES string of the molecule is Cc1cccc(CCNC(=O)N2CCN(S(=O)(=O)c3cccc([N+](=O)[O-])c3)CC2)c1. The Bertz CT molecular complexity index is 1030. The first-order chi connectivity index (χ1) is 14.3. The van der Waals surface area contributed by atoms with Gasteiger partial charge in [0.1, 0.15) is 0 Å². The number of carbonyl (C=O) groups is 1. The average Bonchev–Trinajstić information content (AvgIpc) is 2.74. The normalized spacial score (nSPS) is 15.0. The first-order valence-corrected chi connectivity index (χ1v) is 11.0. The Balaban J connectivity index is 1.53. The quantitative estimate of drug-likeness (QED) is 0.555. The van der Waals surface area contributed by atoms with Gasteiger partial charge in [0.15, 0.2) is 0 Å². The number of amides is 2. The lowest BCUT2D eigenvalue weighted by atomic mass is 10.1. The zero-order chi connectivity index (χ0) is 21.7. The van der Waals surface area contributed by atoms with Crippen LogP contribution in [0.2, 0.25) is 0 Å². The summed E-state index contributed by atoms with van der Waals surface area (Å²) in [6, 6.07) is 12.8. The smallest absolute Gasteiger partial charge is 0.317 e. The van der Waals surface area contributed by atoms with Crippen molar-refractivity contribution in [2.75, 3.05) is 32.7 Å². The summed E-state index contributed by atoms with van der Waals surface area (Å²) in [5.74, 6) is 0. The molecule has 0 atom stereocenters. The first-order valence-electron chi connectivity index (χ1n) is 9.60. The number of nitrogens with zero attached hydrogens (tertiary/aromatic N) is 3. The van der Waals surface area contributed by atoms with E-state index in [9.17, 15) is 23.3 Å². The number of nitrogens with one attached hydrogen (secondary N) is 1. The second-order valence-corrected chi connectivity index (χ2v) is 9.05. The van der Waals surface area contributed by atoms with Crippen molar-refractivity contribution in [3.63, 3.8) is 0 Å². The Kier molecular flexibility index (Phi) is 6.68. The lowest BCUT2D eigenvalue weighted by Crippen LogP contribution is -2.53. The Morgan fingerprint density at radius 3 is 2.47 bits per heavy atom. The highest BCUT2D eigenvalue weighted by Crippen LogP contribution is 2.22. The Labute approximate surface area is 175 Å². The number of hydrogen-bond donors (Lipinski definition) is 1. The number of piperazine rings is 1. The van der Waals surface area contributed by atoms with Crippen molar-refractivity contribution in [2.45, 2.75) is 18.2 Å². The zero-order valence-corrected chi connectivity index (χ0v) is 17.5. The van der Waals surface area contributed by atoms with E-state index in [2.05, 4.69) is 11.4 Å². The third-order valence-corrected chi connectivity index (χ3v) is 6.86. The molecule has 30 heavy (non-hydrogen) atoms. The van der Waals surface area contributed by atoms with Crippen LogP contribution in [0.25, 0.3) is 0 Å². The molecule has 1 aliphatic rings. The van der Waals surface area contributed by atoms with E-state index >= 15 is 0 Å². The number of nitro benzene ring substituents is 1. The van der Waals surface area contributed by atoms with Crippen LogP contribution in [0.1, 0.15) is 11.1 Å². The molecule has 0 radical (unpaired) electrons. The Hall–Kier alpha value is -2.98. The average molecular weight is 433 g/mol. The summed E-state index contributed by atoms with van der Waals surface area (Å²) in [6.07, 6.45) is 0.717. The fourth-order valence-electron chi connectivity index (χ4n) is 3.33. The van der Waals surface area contributed by atoms with Crippen molar-refractivity contribution in [1.82, 2.24) is 14.5 Å². The van der Waals surface area contributed by atoms with E-state index in [1.165, 1.54) is 28.1 Å². The van der Waals surface area contributed by atoms with Crippen LogP contribution in [0.4, 0.5) is 10.5 Å². The number of hydrogen-bond acceptors (Lipinski definition) is 5. The molecule has 3 rings (SSSR count). The first kappa shape index (κ1) is 21.7. The van der Waals surface area contributed by atoms with Gasteiger partial charge < -0.3 is 10.2 Å². The number of non-ortho nitro benzene ring substituents is 1. The predicted octanol–water partition coefficient (Wildman–Crippen LogP) is 2.16.